The molecule has 0 unspecified atom stereocenters. The third kappa shape index (κ3) is 2.99. The average molecular weight is 345 g/mol. The smallest absolute Gasteiger partial charge is 0.343 e. The lowest BCUT2D eigenvalue weighted by Gasteiger charge is -2.35. The second-order valence-corrected chi connectivity index (χ2v) is 6.67. The molecule has 0 spiro atoms. The van der Waals surface area contributed by atoms with Crippen LogP contribution in [0.1, 0.15) is 35.0 Å². The average Bonchev–Trinajstić information content (AvgIpc) is 2.91. The maximum absolute atomic E-state index is 12.6. The van der Waals surface area contributed by atoms with Gasteiger partial charge in [0.2, 0.25) is 0 Å². The van der Waals surface area contributed by atoms with E-state index >= 15 is 0 Å². The van der Waals surface area contributed by atoms with Gasteiger partial charge in [-0.05, 0) is 49.9 Å². The van der Waals surface area contributed by atoms with Crippen molar-refractivity contribution in [3.05, 3.63) is 41.1 Å². The number of para-hydroxylation sites is 1. The molecule has 0 radical (unpaired) electrons. The third-order valence-electron chi connectivity index (χ3n) is 4.21. The molecule has 126 valence electrons. The highest BCUT2D eigenvalue weighted by Gasteiger charge is 2.29. The van der Waals surface area contributed by atoms with E-state index in [9.17, 15) is 9.59 Å². The Morgan fingerprint density at radius 2 is 2.17 bits per heavy atom. The molecule has 1 aliphatic heterocycles. The summed E-state index contributed by atoms with van der Waals surface area (Å²) in [6.07, 6.45) is 1.83. The zero-order valence-electron chi connectivity index (χ0n) is 13.6. The van der Waals surface area contributed by atoms with E-state index in [-0.39, 0.29) is 24.1 Å². The van der Waals surface area contributed by atoms with E-state index < -0.39 is 5.97 Å². The van der Waals surface area contributed by atoms with Crippen LogP contribution in [0, 0.1) is 6.92 Å². The molecule has 0 bridgehead atoms. The molecule has 0 aliphatic carbocycles. The number of aromatic nitrogens is 1. The van der Waals surface area contributed by atoms with Crippen molar-refractivity contribution in [2.75, 3.05) is 17.2 Å². The van der Waals surface area contributed by atoms with Crippen molar-refractivity contribution < 1.29 is 14.3 Å². The molecule has 2 aromatic rings. The van der Waals surface area contributed by atoms with Crippen molar-refractivity contribution >= 4 is 34.1 Å². The fraction of sp³-hybridized carbons (Fsp3) is 0.353. The molecule has 2 heterocycles. The lowest BCUT2D eigenvalue weighted by molar-refractivity contribution is -0.122. The monoisotopic (exact) mass is 345 g/mol. The van der Waals surface area contributed by atoms with Gasteiger partial charge in [0.1, 0.15) is 10.6 Å². The molecule has 2 N–H and O–H groups in total. The van der Waals surface area contributed by atoms with Gasteiger partial charge in [0.25, 0.3) is 5.91 Å². The van der Waals surface area contributed by atoms with Crippen LogP contribution in [0.2, 0.25) is 0 Å². The van der Waals surface area contributed by atoms with E-state index in [2.05, 4.69) is 4.37 Å². The summed E-state index contributed by atoms with van der Waals surface area (Å²) in [6, 6.07) is 7.89. The van der Waals surface area contributed by atoms with Crippen LogP contribution in [-0.2, 0) is 16.0 Å². The topological polar surface area (TPSA) is 85.5 Å². The Morgan fingerprint density at radius 1 is 1.42 bits per heavy atom. The molecule has 1 aromatic carbocycles. The third-order valence-corrected chi connectivity index (χ3v) is 4.98. The summed E-state index contributed by atoms with van der Waals surface area (Å²) in [5.74, 6) is -0.840. The van der Waals surface area contributed by atoms with E-state index in [1.807, 2.05) is 31.2 Å². The number of hydrogen-bond donors (Lipinski definition) is 1. The number of nitrogen functional groups attached to an aromatic ring is 1. The SMILES string of the molecule is Cc1nsc(N)c1C(=O)OCC(=O)N1c2ccccc2CC[C@H]1C. The Hall–Kier alpha value is -2.41. The van der Waals surface area contributed by atoms with Crippen molar-refractivity contribution in [2.45, 2.75) is 32.7 Å². The number of fused-ring (bicyclic) bond motifs is 1. The van der Waals surface area contributed by atoms with Gasteiger partial charge >= 0.3 is 5.97 Å². The van der Waals surface area contributed by atoms with Crippen LogP contribution in [0.5, 0.6) is 0 Å². The number of nitrogens with two attached hydrogens (primary N) is 1. The highest BCUT2D eigenvalue weighted by atomic mass is 32.1. The summed E-state index contributed by atoms with van der Waals surface area (Å²) in [4.78, 5) is 26.5. The van der Waals surface area contributed by atoms with Gasteiger partial charge in [-0.1, -0.05) is 18.2 Å². The first-order valence-corrected chi connectivity index (χ1v) is 8.55. The number of ether oxygens (including phenoxy) is 1. The molecule has 0 saturated heterocycles. The summed E-state index contributed by atoms with van der Waals surface area (Å²) >= 11 is 1.04. The molecule has 6 nitrogen and oxygen atoms in total. The molecule has 7 heteroatoms. The minimum absolute atomic E-state index is 0.0701. The summed E-state index contributed by atoms with van der Waals surface area (Å²) < 4.78 is 9.20. The molecular formula is C17H19N3O3S. The second-order valence-electron chi connectivity index (χ2n) is 5.86. The minimum atomic E-state index is -0.606. The molecule has 3 rings (SSSR count). The Balaban J connectivity index is 1.73. The summed E-state index contributed by atoms with van der Waals surface area (Å²) in [5, 5.41) is 0.307. The molecule has 24 heavy (non-hydrogen) atoms. The van der Waals surface area contributed by atoms with E-state index in [1.54, 1.807) is 11.8 Å². The van der Waals surface area contributed by atoms with E-state index in [0.717, 1.165) is 35.6 Å². The number of rotatable bonds is 3. The van der Waals surface area contributed by atoms with Crippen molar-refractivity contribution in [1.29, 1.82) is 0 Å². The van der Waals surface area contributed by atoms with Crippen LogP contribution in [-0.4, -0.2) is 28.9 Å². The number of benzene rings is 1. The van der Waals surface area contributed by atoms with Crippen molar-refractivity contribution in [3.63, 3.8) is 0 Å². The number of aryl methyl sites for hydroxylation is 2. The van der Waals surface area contributed by atoms with Gasteiger partial charge in [-0.2, -0.15) is 4.37 Å². The van der Waals surface area contributed by atoms with Crippen molar-refractivity contribution in [1.82, 2.24) is 4.37 Å². The first-order chi connectivity index (χ1) is 11.5. The molecule has 0 fully saturated rings. The summed E-state index contributed by atoms with van der Waals surface area (Å²) in [5.41, 5.74) is 8.54. The fourth-order valence-electron chi connectivity index (χ4n) is 2.97. The molecular weight excluding hydrogens is 326 g/mol. The number of carbonyl (C=O) groups is 2. The lowest BCUT2D eigenvalue weighted by Crippen LogP contribution is -2.44. The Morgan fingerprint density at radius 3 is 2.88 bits per heavy atom. The predicted molar refractivity (Wildman–Crippen MR) is 93.3 cm³/mol. The number of amides is 1. The van der Waals surface area contributed by atoms with E-state index in [0.29, 0.717) is 10.7 Å². The van der Waals surface area contributed by atoms with Crippen molar-refractivity contribution in [2.24, 2.45) is 0 Å². The maximum atomic E-state index is 12.6. The maximum Gasteiger partial charge on any atom is 0.343 e. The van der Waals surface area contributed by atoms with Crippen LogP contribution < -0.4 is 10.6 Å². The van der Waals surface area contributed by atoms with Gasteiger partial charge in [0.05, 0.1) is 5.69 Å². The summed E-state index contributed by atoms with van der Waals surface area (Å²) in [7, 11) is 0. The molecule has 1 aromatic heterocycles. The van der Waals surface area contributed by atoms with Crippen LogP contribution in [0.3, 0.4) is 0 Å². The highest BCUT2D eigenvalue weighted by Crippen LogP contribution is 2.30. The van der Waals surface area contributed by atoms with Gasteiger partial charge in [0, 0.05) is 11.7 Å². The first kappa shape index (κ1) is 16.4. The normalized spacial score (nSPS) is 16.6. The van der Waals surface area contributed by atoms with Gasteiger partial charge in [-0.15, -0.1) is 0 Å². The van der Waals surface area contributed by atoms with Gasteiger partial charge in [0.15, 0.2) is 6.61 Å². The first-order valence-electron chi connectivity index (χ1n) is 7.78. The van der Waals surface area contributed by atoms with Crippen LogP contribution in [0.25, 0.3) is 0 Å². The van der Waals surface area contributed by atoms with Crippen LogP contribution in [0.15, 0.2) is 24.3 Å². The Labute approximate surface area is 144 Å². The Bertz CT molecular complexity index is 768. The number of hydrogen-bond acceptors (Lipinski definition) is 6. The molecule has 1 atom stereocenters. The van der Waals surface area contributed by atoms with E-state index in [4.69, 9.17) is 10.5 Å². The Kier molecular flexibility index (Phi) is 4.53. The van der Waals surface area contributed by atoms with Gasteiger partial charge in [-0.25, -0.2) is 4.79 Å². The van der Waals surface area contributed by atoms with Crippen LogP contribution in [0.4, 0.5) is 10.7 Å². The van der Waals surface area contributed by atoms with Crippen LogP contribution >= 0.6 is 11.5 Å². The van der Waals surface area contributed by atoms with E-state index in [1.165, 1.54) is 0 Å². The van der Waals surface area contributed by atoms with Gasteiger partial charge < -0.3 is 15.4 Å². The number of carbonyl (C=O) groups excluding carboxylic acids is 2. The second kappa shape index (κ2) is 6.60. The number of nitrogens with zero attached hydrogens (tertiary/aromatic N) is 2. The lowest BCUT2D eigenvalue weighted by atomic mass is 9.96. The molecule has 0 saturated carbocycles. The zero-order chi connectivity index (χ0) is 17.3. The summed E-state index contributed by atoms with van der Waals surface area (Å²) in [6.45, 7) is 3.38. The van der Waals surface area contributed by atoms with Gasteiger partial charge in [-0.3, -0.25) is 4.79 Å². The quantitative estimate of drug-likeness (QED) is 0.864. The minimum Gasteiger partial charge on any atom is -0.452 e. The number of anilines is 2. The molecule has 1 aliphatic rings. The zero-order valence-corrected chi connectivity index (χ0v) is 14.4. The predicted octanol–water partition coefficient (Wildman–Crippen LogP) is 2.56. The van der Waals surface area contributed by atoms with Crippen molar-refractivity contribution in [3.8, 4) is 0 Å². The number of esters is 1. The fourth-order valence-corrected chi connectivity index (χ4v) is 3.62. The highest BCUT2D eigenvalue weighted by molar-refractivity contribution is 7.10. The standard InChI is InChI=1S/C17H19N3O3S/c1-10-7-8-12-5-3-4-6-13(12)20(10)14(21)9-23-17(22)15-11(2)19-24-16(15)18/h3-6,10H,7-9,18H2,1-2H3/t10-/m1/s1. The molecule has 1 amide bonds. The largest absolute Gasteiger partial charge is 0.452 e.